The van der Waals surface area contributed by atoms with Gasteiger partial charge in [0.1, 0.15) is 11.9 Å². The maximum atomic E-state index is 13.4. The zero-order valence-corrected chi connectivity index (χ0v) is 10.1. The SMILES string of the molecule is CN(Cc1cc(Cl)ccc1F)CC(N)C(=O)O. The lowest BCUT2D eigenvalue weighted by Crippen LogP contribution is -2.40. The van der Waals surface area contributed by atoms with Gasteiger partial charge in [0.15, 0.2) is 0 Å². The van der Waals surface area contributed by atoms with E-state index in [9.17, 15) is 9.18 Å². The lowest BCUT2D eigenvalue weighted by Gasteiger charge is -2.19. The second kappa shape index (κ2) is 5.95. The summed E-state index contributed by atoms with van der Waals surface area (Å²) in [7, 11) is 1.67. The minimum absolute atomic E-state index is 0.140. The van der Waals surface area contributed by atoms with Crippen LogP contribution in [0.5, 0.6) is 0 Å². The van der Waals surface area contributed by atoms with Crippen molar-refractivity contribution in [3.63, 3.8) is 0 Å². The third kappa shape index (κ3) is 4.30. The Morgan fingerprint density at radius 1 is 1.65 bits per heavy atom. The van der Waals surface area contributed by atoms with Crippen molar-refractivity contribution in [3.05, 3.63) is 34.6 Å². The van der Waals surface area contributed by atoms with E-state index in [2.05, 4.69) is 0 Å². The van der Waals surface area contributed by atoms with Crippen LogP contribution in [0, 0.1) is 5.82 Å². The van der Waals surface area contributed by atoms with E-state index in [0.29, 0.717) is 10.6 Å². The summed E-state index contributed by atoms with van der Waals surface area (Å²) in [6, 6.07) is 3.27. The number of nitrogens with zero attached hydrogens (tertiary/aromatic N) is 1. The molecule has 1 atom stereocenters. The summed E-state index contributed by atoms with van der Waals surface area (Å²) in [5, 5.41) is 9.09. The lowest BCUT2D eigenvalue weighted by molar-refractivity contribution is -0.138. The molecule has 0 aliphatic heterocycles. The zero-order chi connectivity index (χ0) is 13.0. The van der Waals surface area contributed by atoms with Crippen molar-refractivity contribution in [3.8, 4) is 0 Å². The van der Waals surface area contributed by atoms with Crippen LogP contribution in [0.3, 0.4) is 0 Å². The molecule has 3 N–H and O–H groups in total. The topological polar surface area (TPSA) is 66.6 Å². The van der Waals surface area contributed by atoms with Gasteiger partial charge in [-0.3, -0.25) is 9.69 Å². The zero-order valence-electron chi connectivity index (χ0n) is 9.36. The summed E-state index contributed by atoms with van der Waals surface area (Å²) >= 11 is 5.75. The first-order chi connectivity index (χ1) is 7.90. The summed E-state index contributed by atoms with van der Waals surface area (Å²) in [6.45, 7) is 0.397. The van der Waals surface area contributed by atoms with E-state index in [4.69, 9.17) is 22.4 Å². The number of hydrogen-bond donors (Lipinski definition) is 2. The summed E-state index contributed by atoms with van der Waals surface area (Å²) in [5.74, 6) is -1.45. The van der Waals surface area contributed by atoms with Crippen molar-refractivity contribution in [2.75, 3.05) is 13.6 Å². The molecule has 0 radical (unpaired) electrons. The van der Waals surface area contributed by atoms with E-state index in [1.807, 2.05) is 0 Å². The Labute approximate surface area is 104 Å². The average molecular weight is 261 g/mol. The molecule has 6 heteroatoms. The second-order valence-electron chi connectivity index (χ2n) is 3.88. The van der Waals surface area contributed by atoms with E-state index >= 15 is 0 Å². The Morgan fingerprint density at radius 2 is 2.29 bits per heavy atom. The van der Waals surface area contributed by atoms with Gasteiger partial charge >= 0.3 is 5.97 Å². The first kappa shape index (κ1) is 13.9. The van der Waals surface area contributed by atoms with Gasteiger partial charge < -0.3 is 10.8 Å². The molecule has 0 saturated carbocycles. The highest BCUT2D eigenvalue weighted by molar-refractivity contribution is 6.30. The summed E-state index contributed by atoms with van der Waals surface area (Å²) in [5.41, 5.74) is 5.79. The van der Waals surface area contributed by atoms with E-state index in [1.54, 1.807) is 11.9 Å². The van der Waals surface area contributed by atoms with Crippen LogP contribution in [-0.4, -0.2) is 35.6 Å². The summed E-state index contributed by atoms with van der Waals surface area (Å²) in [4.78, 5) is 12.2. The predicted octanol–water partition coefficient (Wildman–Crippen LogP) is 1.32. The Balaban J connectivity index is 2.64. The highest BCUT2D eigenvalue weighted by atomic mass is 35.5. The molecule has 1 aromatic rings. The van der Waals surface area contributed by atoms with Crippen LogP contribution < -0.4 is 5.73 Å². The number of aliphatic carboxylic acids is 1. The van der Waals surface area contributed by atoms with Crippen molar-refractivity contribution in [2.45, 2.75) is 12.6 Å². The molecule has 0 aromatic heterocycles. The molecule has 94 valence electrons. The van der Waals surface area contributed by atoms with E-state index in [-0.39, 0.29) is 18.9 Å². The molecule has 0 aliphatic rings. The number of carboxylic acid groups (broad SMARTS) is 1. The van der Waals surface area contributed by atoms with Gasteiger partial charge in [-0.05, 0) is 25.2 Å². The van der Waals surface area contributed by atoms with Crippen LogP contribution in [0.15, 0.2) is 18.2 Å². The fourth-order valence-electron chi connectivity index (χ4n) is 1.43. The molecule has 0 aliphatic carbocycles. The normalized spacial score (nSPS) is 12.8. The second-order valence-corrected chi connectivity index (χ2v) is 4.31. The first-order valence-electron chi connectivity index (χ1n) is 5.01. The molecular weight excluding hydrogens is 247 g/mol. The highest BCUT2D eigenvalue weighted by Crippen LogP contribution is 2.16. The lowest BCUT2D eigenvalue weighted by atomic mass is 10.2. The minimum atomic E-state index is -1.08. The van der Waals surface area contributed by atoms with Crippen molar-refractivity contribution in [2.24, 2.45) is 5.73 Å². The van der Waals surface area contributed by atoms with Crippen LogP contribution in [0.2, 0.25) is 5.02 Å². The van der Waals surface area contributed by atoms with E-state index < -0.39 is 12.0 Å². The van der Waals surface area contributed by atoms with Gasteiger partial charge in [-0.25, -0.2) is 4.39 Å². The molecule has 4 nitrogen and oxygen atoms in total. The quantitative estimate of drug-likeness (QED) is 0.838. The third-order valence-corrected chi connectivity index (χ3v) is 2.51. The van der Waals surface area contributed by atoms with Crippen LogP contribution in [0.25, 0.3) is 0 Å². The number of benzene rings is 1. The molecule has 0 fully saturated rings. The predicted molar refractivity (Wildman–Crippen MR) is 63.4 cm³/mol. The molecule has 0 spiro atoms. The number of carboxylic acids is 1. The number of halogens is 2. The molecule has 0 saturated heterocycles. The van der Waals surface area contributed by atoms with Crippen LogP contribution in [0.1, 0.15) is 5.56 Å². The molecule has 0 amide bonds. The molecule has 1 aromatic carbocycles. The van der Waals surface area contributed by atoms with Gasteiger partial charge in [-0.1, -0.05) is 11.6 Å². The maximum absolute atomic E-state index is 13.4. The van der Waals surface area contributed by atoms with Gasteiger partial charge in [0, 0.05) is 23.7 Å². The molecule has 0 heterocycles. The van der Waals surface area contributed by atoms with Crippen molar-refractivity contribution >= 4 is 17.6 Å². The van der Waals surface area contributed by atoms with Gasteiger partial charge in [-0.2, -0.15) is 0 Å². The fraction of sp³-hybridized carbons (Fsp3) is 0.364. The van der Waals surface area contributed by atoms with Gasteiger partial charge in [0.05, 0.1) is 0 Å². The van der Waals surface area contributed by atoms with Gasteiger partial charge in [0.2, 0.25) is 0 Å². The van der Waals surface area contributed by atoms with Crippen molar-refractivity contribution in [1.29, 1.82) is 0 Å². The monoisotopic (exact) mass is 260 g/mol. The molecule has 0 bridgehead atoms. The fourth-order valence-corrected chi connectivity index (χ4v) is 1.63. The Morgan fingerprint density at radius 3 is 2.88 bits per heavy atom. The highest BCUT2D eigenvalue weighted by Gasteiger charge is 2.15. The summed E-state index contributed by atoms with van der Waals surface area (Å²) < 4.78 is 13.4. The number of carbonyl (C=O) groups is 1. The summed E-state index contributed by atoms with van der Waals surface area (Å²) in [6.07, 6.45) is 0. The number of likely N-dealkylation sites (N-methyl/N-ethyl adjacent to an activating group) is 1. The van der Waals surface area contributed by atoms with Crippen LogP contribution in [0.4, 0.5) is 4.39 Å². The third-order valence-electron chi connectivity index (χ3n) is 2.27. The smallest absolute Gasteiger partial charge is 0.321 e. The van der Waals surface area contributed by atoms with Crippen molar-refractivity contribution < 1.29 is 14.3 Å². The molecular formula is C11H14ClFN2O2. The number of hydrogen-bond acceptors (Lipinski definition) is 3. The number of rotatable bonds is 5. The Hall–Kier alpha value is -1.17. The van der Waals surface area contributed by atoms with Gasteiger partial charge in [0.25, 0.3) is 0 Å². The van der Waals surface area contributed by atoms with Crippen LogP contribution in [-0.2, 0) is 11.3 Å². The Bertz CT molecular complexity index is 414. The largest absolute Gasteiger partial charge is 0.480 e. The first-order valence-corrected chi connectivity index (χ1v) is 5.39. The Kier molecular flexibility index (Phi) is 4.86. The van der Waals surface area contributed by atoms with E-state index in [1.165, 1.54) is 18.2 Å². The molecule has 1 rings (SSSR count). The molecule has 1 unspecified atom stereocenters. The maximum Gasteiger partial charge on any atom is 0.321 e. The van der Waals surface area contributed by atoms with Crippen LogP contribution >= 0.6 is 11.6 Å². The van der Waals surface area contributed by atoms with Crippen molar-refractivity contribution in [1.82, 2.24) is 4.90 Å². The van der Waals surface area contributed by atoms with E-state index in [0.717, 1.165) is 0 Å². The average Bonchev–Trinajstić information content (AvgIpc) is 2.23. The van der Waals surface area contributed by atoms with Gasteiger partial charge in [-0.15, -0.1) is 0 Å². The minimum Gasteiger partial charge on any atom is -0.480 e. The standard InChI is InChI=1S/C11H14ClFN2O2/c1-15(6-10(14)11(16)17)5-7-4-8(12)2-3-9(7)13/h2-4,10H,5-6,14H2,1H3,(H,16,17). The molecule has 17 heavy (non-hydrogen) atoms. The number of nitrogens with two attached hydrogens (primary N) is 1.